The molecule has 0 unspecified atom stereocenters. The van der Waals surface area contributed by atoms with Crippen LogP contribution in [0.15, 0.2) is 42.5 Å². The molecule has 1 N–H and O–H groups in total. The second-order valence-electron chi connectivity index (χ2n) is 4.07. The maximum atomic E-state index is 13.2. The van der Waals surface area contributed by atoms with Gasteiger partial charge in [0.1, 0.15) is 11.9 Å². The van der Waals surface area contributed by atoms with Crippen molar-refractivity contribution in [3.05, 3.63) is 65.0 Å². The minimum atomic E-state index is -0.468. The third kappa shape index (κ3) is 2.78. The Morgan fingerprint density at radius 2 is 2.00 bits per heavy atom. The Hall–Kier alpha value is -2.67. The van der Waals surface area contributed by atoms with Crippen molar-refractivity contribution in [3.8, 4) is 6.07 Å². The number of hydrogen-bond donors (Lipinski definition) is 1. The molecule has 1 amide bonds. The lowest BCUT2D eigenvalue weighted by molar-refractivity contribution is 0.102. The normalized spacial score (nSPS) is 9.74. The summed E-state index contributed by atoms with van der Waals surface area (Å²) in [7, 11) is 0. The summed E-state index contributed by atoms with van der Waals surface area (Å²) in [4.78, 5) is 12.1. The molecule has 94 valence electrons. The summed E-state index contributed by atoms with van der Waals surface area (Å²) >= 11 is 0. The van der Waals surface area contributed by atoms with Gasteiger partial charge >= 0.3 is 0 Å². The molecule has 0 bridgehead atoms. The van der Waals surface area contributed by atoms with Gasteiger partial charge in [0.25, 0.3) is 5.91 Å². The molecule has 0 aliphatic heterocycles. The molecule has 0 heterocycles. The van der Waals surface area contributed by atoms with E-state index in [1.807, 2.05) is 6.07 Å². The molecular weight excluding hydrogens is 243 g/mol. The molecular formula is C15H11FN2O. The van der Waals surface area contributed by atoms with Crippen molar-refractivity contribution in [2.24, 2.45) is 0 Å². The molecule has 4 heteroatoms. The van der Waals surface area contributed by atoms with E-state index in [-0.39, 0.29) is 5.56 Å². The predicted octanol–water partition coefficient (Wildman–Crippen LogP) is 3.26. The number of halogens is 1. The van der Waals surface area contributed by atoms with Gasteiger partial charge in [-0.05, 0) is 36.8 Å². The van der Waals surface area contributed by atoms with E-state index in [0.717, 1.165) is 0 Å². The fourth-order valence-electron chi connectivity index (χ4n) is 1.72. The van der Waals surface area contributed by atoms with Crippen LogP contribution in [0.25, 0.3) is 0 Å². The number of nitrogens with one attached hydrogen (secondary N) is 1. The average Bonchev–Trinajstić information content (AvgIpc) is 2.42. The van der Waals surface area contributed by atoms with Gasteiger partial charge in [0.15, 0.2) is 0 Å². The van der Waals surface area contributed by atoms with Crippen molar-refractivity contribution >= 4 is 11.6 Å². The largest absolute Gasteiger partial charge is 0.321 e. The molecule has 0 saturated carbocycles. The lowest BCUT2D eigenvalue weighted by atomic mass is 10.1. The van der Waals surface area contributed by atoms with Crippen molar-refractivity contribution in [1.29, 1.82) is 5.26 Å². The molecule has 0 spiro atoms. The van der Waals surface area contributed by atoms with Gasteiger partial charge in [-0.3, -0.25) is 4.79 Å². The number of carbonyl (C=O) groups excluding carboxylic acids is 1. The molecule has 2 rings (SSSR count). The Kier molecular flexibility index (Phi) is 3.58. The van der Waals surface area contributed by atoms with Crippen LogP contribution < -0.4 is 5.32 Å². The average molecular weight is 254 g/mol. The van der Waals surface area contributed by atoms with Gasteiger partial charge in [0, 0.05) is 5.56 Å². The van der Waals surface area contributed by atoms with Gasteiger partial charge in [0.05, 0.1) is 11.3 Å². The Morgan fingerprint density at radius 1 is 1.26 bits per heavy atom. The van der Waals surface area contributed by atoms with Crippen LogP contribution in [-0.2, 0) is 0 Å². The van der Waals surface area contributed by atoms with Crippen molar-refractivity contribution in [2.75, 3.05) is 5.32 Å². The third-order valence-electron chi connectivity index (χ3n) is 2.74. The molecule has 0 aliphatic carbocycles. The van der Waals surface area contributed by atoms with Crippen molar-refractivity contribution in [3.63, 3.8) is 0 Å². The van der Waals surface area contributed by atoms with E-state index in [9.17, 15) is 9.18 Å². The zero-order valence-corrected chi connectivity index (χ0v) is 10.3. The first-order chi connectivity index (χ1) is 9.11. The zero-order valence-electron chi connectivity index (χ0n) is 10.3. The first-order valence-electron chi connectivity index (χ1n) is 5.68. The summed E-state index contributed by atoms with van der Waals surface area (Å²) in [5, 5.41) is 11.6. The number of anilines is 1. The van der Waals surface area contributed by atoms with Crippen LogP contribution in [0.1, 0.15) is 21.5 Å². The molecule has 0 fully saturated rings. The monoisotopic (exact) mass is 254 g/mol. The van der Waals surface area contributed by atoms with Crippen LogP contribution in [0.4, 0.5) is 10.1 Å². The molecule has 0 atom stereocenters. The summed E-state index contributed by atoms with van der Waals surface area (Å²) in [5.41, 5.74) is 1.71. The molecule has 0 aromatic heterocycles. The smallest absolute Gasteiger partial charge is 0.256 e. The maximum absolute atomic E-state index is 13.2. The highest BCUT2D eigenvalue weighted by Crippen LogP contribution is 2.17. The molecule has 2 aromatic carbocycles. The zero-order chi connectivity index (χ0) is 13.8. The second kappa shape index (κ2) is 5.32. The van der Waals surface area contributed by atoms with Crippen molar-refractivity contribution in [2.45, 2.75) is 6.92 Å². The second-order valence-corrected chi connectivity index (χ2v) is 4.07. The minimum Gasteiger partial charge on any atom is -0.321 e. The van der Waals surface area contributed by atoms with Crippen LogP contribution >= 0.6 is 0 Å². The molecule has 0 radical (unpaired) electrons. The number of nitriles is 1. The first-order valence-corrected chi connectivity index (χ1v) is 5.68. The molecule has 0 aliphatic rings. The maximum Gasteiger partial charge on any atom is 0.256 e. The summed E-state index contributed by atoms with van der Waals surface area (Å²) < 4.78 is 13.2. The van der Waals surface area contributed by atoms with Crippen LogP contribution in [-0.4, -0.2) is 5.91 Å². The number of carbonyl (C=O) groups is 1. The summed E-state index contributed by atoms with van der Waals surface area (Å²) in [5.74, 6) is -0.899. The number of amides is 1. The topological polar surface area (TPSA) is 52.9 Å². The van der Waals surface area contributed by atoms with E-state index in [2.05, 4.69) is 5.32 Å². The molecule has 3 nitrogen and oxygen atoms in total. The van der Waals surface area contributed by atoms with Crippen LogP contribution in [0.3, 0.4) is 0 Å². The summed E-state index contributed by atoms with van der Waals surface area (Å²) in [6.07, 6.45) is 0. The summed E-state index contributed by atoms with van der Waals surface area (Å²) in [6.45, 7) is 1.73. The van der Waals surface area contributed by atoms with Gasteiger partial charge in [-0.15, -0.1) is 0 Å². The van der Waals surface area contributed by atoms with E-state index >= 15 is 0 Å². The SMILES string of the molecule is Cc1ccc(F)cc1C(=O)Nc1ccccc1C#N. The van der Waals surface area contributed by atoms with E-state index in [1.165, 1.54) is 12.1 Å². The fourth-order valence-corrected chi connectivity index (χ4v) is 1.72. The van der Waals surface area contributed by atoms with E-state index < -0.39 is 11.7 Å². The number of rotatable bonds is 2. The van der Waals surface area contributed by atoms with E-state index in [0.29, 0.717) is 16.8 Å². The van der Waals surface area contributed by atoms with Gasteiger partial charge in [-0.2, -0.15) is 5.26 Å². The summed E-state index contributed by atoms with van der Waals surface area (Å²) in [6, 6.07) is 12.7. The standard InChI is InChI=1S/C15H11FN2O/c1-10-6-7-12(16)8-13(10)15(19)18-14-5-3-2-4-11(14)9-17/h2-8H,1H3,(H,18,19). The predicted molar refractivity (Wildman–Crippen MR) is 70.2 cm³/mol. The first kappa shape index (κ1) is 12.8. The van der Waals surface area contributed by atoms with E-state index in [1.54, 1.807) is 37.3 Å². The van der Waals surface area contributed by atoms with Crippen molar-refractivity contribution < 1.29 is 9.18 Å². The Balaban J connectivity index is 2.31. The van der Waals surface area contributed by atoms with Gasteiger partial charge < -0.3 is 5.32 Å². The highest BCUT2D eigenvalue weighted by Gasteiger charge is 2.12. The Morgan fingerprint density at radius 3 is 2.74 bits per heavy atom. The highest BCUT2D eigenvalue weighted by atomic mass is 19.1. The number of benzene rings is 2. The van der Waals surface area contributed by atoms with Crippen LogP contribution in [0, 0.1) is 24.1 Å². The minimum absolute atomic E-state index is 0.257. The van der Waals surface area contributed by atoms with Gasteiger partial charge in [-0.1, -0.05) is 18.2 Å². The number of nitrogens with zero attached hydrogens (tertiary/aromatic N) is 1. The highest BCUT2D eigenvalue weighted by molar-refractivity contribution is 6.05. The lowest BCUT2D eigenvalue weighted by Gasteiger charge is -2.08. The number of hydrogen-bond acceptors (Lipinski definition) is 2. The van der Waals surface area contributed by atoms with E-state index in [4.69, 9.17) is 5.26 Å². The van der Waals surface area contributed by atoms with Gasteiger partial charge in [-0.25, -0.2) is 4.39 Å². The Labute approximate surface area is 110 Å². The molecule has 2 aromatic rings. The number of para-hydroxylation sites is 1. The lowest BCUT2D eigenvalue weighted by Crippen LogP contribution is -2.14. The number of aryl methyl sites for hydroxylation is 1. The molecule has 19 heavy (non-hydrogen) atoms. The molecule has 0 saturated heterocycles. The van der Waals surface area contributed by atoms with Crippen LogP contribution in [0.5, 0.6) is 0 Å². The fraction of sp³-hybridized carbons (Fsp3) is 0.0667. The van der Waals surface area contributed by atoms with Gasteiger partial charge in [0.2, 0.25) is 0 Å². The van der Waals surface area contributed by atoms with Crippen molar-refractivity contribution in [1.82, 2.24) is 0 Å². The third-order valence-corrected chi connectivity index (χ3v) is 2.74. The Bertz CT molecular complexity index is 674. The quantitative estimate of drug-likeness (QED) is 0.894. The van der Waals surface area contributed by atoms with Crippen LogP contribution in [0.2, 0.25) is 0 Å².